The SMILES string of the molecule is Nc1nc2cc(Cl)ccc2n1C1CC1. The predicted molar refractivity (Wildman–Crippen MR) is 57.4 cm³/mol. The van der Waals surface area contributed by atoms with E-state index in [1.54, 1.807) is 0 Å². The van der Waals surface area contributed by atoms with Crippen molar-refractivity contribution in [2.24, 2.45) is 0 Å². The highest BCUT2D eigenvalue weighted by molar-refractivity contribution is 6.31. The second-order valence-corrected chi connectivity index (χ2v) is 4.14. The average molecular weight is 208 g/mol. The van der Waals surface area contributed by atoms with E-state index in [2.05, 4.69) is 9.55 Å². The van der Waals surface area contributed by atoms with Crippen LogP contribution in [0.2, 0.25) is 5.02 Å². The first kappa shape index (κ1) is 8.12. The molecule has 1 aromatic heterocycles. The molecule has 1 aliphatic rings. The Labute approximate surface area is 86.5 Å². The molecule has 0 saturated heterocycles. The number of aromatic nitrogens is 2. The van der Waals surface area contributed by atoms with Gasteiger partial charge in [0, 0.05) is 11.1 Å². The summed E-state index contributed by atoms with van der Waals surface area (Å²) >= 11 is 5.89. The molecule has 2 aromatic rings. The van der Waals surface area contributed by atoms with Crippen molar-refractivity contribution >= 4 is 28.6 Å². The van der Waals surface area contributed by atoms with Crippen LogP contribution in [-0.2, 0) is 0 Å². The summed E-state index contributed by atoms with van der Waals surface area (Å²) in [6.07, 6.45) is 2.41. The van der Waals surface area contributed by atoms with Gasteiger partial charge in [0.25, 0.3) is 0 Å². The van der Waals surface area contributed by atoms with Gasteiger partial charge in [0.05, 0.1) is 11.0 Å². The van der Waals surface area contributed by atoms with Crippen LogP contribution >= 0.6 is 11.6 Å². The van der Waals surface area contributed by atoms with Crippen molar-refractivity contribution in [3.05, 3.63) is 23.2 Å². The lowest BCUT2D eigenvalue weighted by Crippen LogP contribution is -2.00. The topological polar surface area (TPSA) is 43.8 Å². The van der Waals surface area contributed by atoms with Crippen LogP contribution in [0.25, 0.3) is 11.0 Å². The van der Waals surface area contributed by atoms with Crippen LogP contribution < -0.4 is 5.73 Å². The number of nitrogen functional groups attached to an aromatic ring is 1. The van der Waals surface area contributed by atoms with Gasteiger partial charge in [-0.25, -0.2) is 4.98 Å². The lowest BCUT2D eigenvalue weighted by Gasteiger charge is -2.02. The van der Waals surface area contributed by atoms with Crippen LogP contribution in [-0.4, -0.2) is 9.55 Å². The first-order chi connectivity index (χ1) is 6.75. The smallest absolute Gasteiger partial charge is 0.201 e. The quantitative estimate of drug-likeness (QED) is 0.781. The van der Waals surface area contributed by atoms with Crippen LogP contribution in [0.4, 0.5) is 5.95 Å². The maximum absolute atomic E-state index is 5.89. The molecule has 3 nitrogen and oxygen atoms in total. The van der Waals surface area contributed by atoms with E-state index in [0.717, 1.165) is 11.0 Å². The second-order valence-electron chi connectivity index (χ2n) is 3.70. The summed E-state index contributed by atoms with van der Waals surface area (Å²) in [5.41, 5.74) is 7.84. The van der Waals surface area contributed by atoms with Crippen LogP contribution in [0.3, 0.4) is 0 Å². The normalized spacial score (nSPS) is 16.4. The fraction of sp³-hybridized carbons (Fsp3) is 0.300. The first-order valence-corrected chi connectivity index (χ1v) is 5.06. The van der Waals surface area contributed by atoms with E-state index in [0.29, 0.717) is 17.0 Å². The first-order valence-electron chi connectivity index (χ1n) is 4.68. The zero-order chi connectivity index (χ0) is 9.71. The van der Waals surface area contributed by atoms with Gasteiger partial charge in [0.15, 0.2) is 0 Å². The van der Waals surface area contributed by atoms with Crippen molar-refractivity contribution in [3.63, 3.8) is 0 Å². The molecule has 1 fully saturated rings. The van der Waals surface area contributed by atoms with E-state index < -0.39 is 0 Å². The van der Waals surface area contributed by atoms with Gasteiger partial charge in [-0.1, -0.05) is 11.6 Å². The highest BCUT2D eigenvalue weighted by atomic mass is 35.5. The molecule has 14 heavy (non-hydrogen) atoms. The Morgan fingerprint density at radius 2 is 2.21 bits per heavy atom. The molecule has 0 atom stereocenters. The molecule has 3 rings (SSSR count). The van der Waals surface area contributed by atoms with Gasteiger partial charge in [-0.15, -0.1) is 0 Å². The Balaban J connectivity index is 2.32. The molecular weight excluding hydrogens is 198 g/mol. The Kier molecular flexibility index (Phi) is 1.53. The molecule has 1 saturated carbocycles. The molecule has 0 aliphatic heterocycles. The molecule has 1 aromatic carbocycles. The summed E-state index contributed by atoms with van der Waals surface area (Å²) in [5, 5.41) is 0.706. The molecule has 2 N–H and O–H groups in total. The molecule has 1 aliphatic carbocycles. The molecule has 0 spiro atoms. The van der Waals surface area contributed by atoms with Crippen molar-refractivity contribution < 1.29 is 0 Å². The Hall–Kier alpha value is -1.22. The lowest BCUT2D eigenvalue weighted by atomic mass is 10.3. The van der Waals surface area contributed by atoms with Crippen molar-refractivity contribution in [1.82, 2.24) is 9.55 Å². The summed E-state index contributed by atoms with van der Waals surface area (Å²) in [7, 11) is 0. The third-order valence-corrected chi connectivity index (χ3v) is 2.83. The van der Waals surface area contributed by atoms with Gasteiger partial charge < -0.3 is 10.3 Å². The zero-order valence-corrected chi connectivity index (χ0v) is 8.33. The summed E-state index contributed by atoms with van der Waals surface area (Å²) in [5.74, 6) is 0.602. The van der Waals surface area contributed by atoms with Crippen molar-refractivity contribution in [1.29, 1.82) is 0 Å². The number of nitrogens with two attached hydrogens (primary N) is 1. The zero-order valence-electron chi connectivity index (χ0n) is 7.57. The Morgan fingerprint density at radius 3 is 2.93 bits per heavy atom. The van der Waals surface area contributed by atoms with Crippen molar-refractivity contribution in [2.75, 3.05) is 5.73 Å². The number of nitrogens with zero attached hydrogens (tertiary/aromatic N) is 2. The number of anilines is 1. The Morgan fingerprint density at radius 1 is 1.43 bits per heavy atom. The maximum atomic E-state index is 5.89. The fourth-order valence-electron chi connectivity index (χ4n) is 1.81. The summed E-state index contributed by atoms with van der Waals surface area (Å²) < 4.78 is 2.10. The highest BCUT2D eigenvalue weighted by Gasteiger charge is 2.27. The molecule has 0 bridgehead atoms. The molecule has 0 radical (unpaired) electrons. The standard InChI is InChI=1S/C10H10ClN3/c11-6-1-4-9-8(5-6)13-10(12)14(9)7-2-3-7/h1,4-5,7H,2-3H2,(H2,12,13). The highest BCUT2D eigenvalue weighted by Crippen LogP contribution is 2.39. The largest absolute Gasteiger partial charge is 0.369 e. The van der Waals surface area contributed by atoms with E-state index >= 15 is 0 Å². The van der Waals surface area contributed by atoms with E-state index in [9.17, 15) is 0 Å². The second kappa shape index (κ2) is 2.64. The van der Waals surface area contributed by atoms with E-state index in [4.69, 9.17) is 17.3 Å². The Bertz CT molecular complexity index is 499. The predicted octanol–water partition coefficient (Wildman–Crippen LogP) is 2.61. The number of halogens is 1. The number of fused-ring (bicyclic) bond motifs is 1. The molecule has 0 amide bonds. The monoisotopic (exact) mass is 207 g/mol. The molecule has 0 unspecified atom stereocenters. The number of rotatable bonds is 1. The van der Waals surface area contributed by atoms with Crippen molar-refractivity contribution in [2.45, 2.75) is 18.9 Å². The van der Waals surface area contributed by atoms with Crippen LogP contribution in [0.5, 0.6) is 0 Å². The summed E-state index contributed by atoms with van der Waals surface area (Å²) in [4.78, 5) is 4.29. The maximum Gasteiger partial charge on any atom is 0.201 e. The number of hydrogen-bond acceptors (Lipinski definition) is 2. The molecular formula is C10H10ClN3. The fourth-order valence-corrected chi connectivity index (χ4v) is 1.97. The van der Waals surface area contributed by atoms with Gasteiger partial charge >= 0.3 is 0 Å². The van der Waals surface area contributed by atoms with Gasteiger partial charge in [0.2, 0.25) is 5.95 Å². The molecule has 72 valence electrons. The van der Waals surface area contributed by atoms with Crippen molar-refractivity contribution in [3.8, 4) is 0 Å². The lowest BCUT2D eigenvalue weighted by molar-refractivity contribution is 0.779. The number of imidazole rings is 1. The number of hydrogen-bond donors (Lipinski definition) is 1. The van der Waals surface area contributed by atoms with Crippen LogP contribution in [0, 0.1) is 0 Å². The average Bonchev–Trinajstić information content (AvgIpc) is 2.89. The van der Waals surface area contributed by atoms with Gasteiger partial charge in [-0.3, -0.25) is 0 Å². The van der Waals surface area contributed by atoms with Crippen LogP contribution in [0.15, 0.2) is 18.2 Å². The molecule has 4 heteroatoms. The van der Waals surface area contributed by atoms with E-state index in [-0.39, 0.29) is 0 Å². The van der Waals surface area contributed by atoms with Gasteiger partial charge in [-0.05, 0) is 31.0 Å². The summed E-state index contributed by atoms with van der Waals surface area (Å²) in [6, 6.07) is 6.27. The van der Waals surface area contributed by atoms with Gasteiger partial charge in [0.1, 0.15) is 0 Å². The van der Waals surface area contributed by atoms with E-state index in [1.807, 2.05) is 18.2 Å². The third kappa shape index (κ3) is 1.09. The van der Waals surface area contributed by atoms with Crippen LogP contribution in [0.1, 0.15) is 18.9 Å². The summed E-state index contributed by atoms with van der Waals surface area (Å²) in [6.45, 7) is 0. The third-order valence-electron chi connectivity index (χ3n) is 2.59. The molecule has 1 heterocycles. The van der Waals surface area contributed by atoms with Gasteiger partial charge in [-0.2, -0.15) is 0 Å². The minimum atomic E-state index is 0.557. The number of benzene rings is 1. The minimum absolute atomic E-state index is 0.557. The van der Waals surface area contributed by atoms with E-state index in [1.165, 1.54) is 12.8 Å². The minimum Gasteiger partial charge on any atom is -0.369 e.